The molecule has 0 spiro atoms. The quantitative estimate of drug-likeness (QED) is 0.272. The lowest BCUT2D eigenvalue weighted by molar-refractivity contribution is -0.0281. The molecule has 1 amide bonds. The minimum Gasteiger partial charge on any atom is -0.481 e. The number of anilines is 1. The lowest BCUT2D eigenvalue weighted by Crippen LogP contribution is -2.46. The number of aliphatic hydroxyl groups excluding tert-OH is 1. The SMILES string of the molecule is COc1nc(-c2cccc(-c3cccc(NC(=O)c4ncnn(C)c4=O)c3Cl)c2Cl)ccc1CNC1CCOCC1O. The standard InChI is InChI=1S/C29H28Cl2N6O5/c1-37-29(40)26(33-15-34-37)27(39)35-22-8-4-6-18(25(22)31)17-5-3-7-19(24(17)30)20-10-9-16(28(36-20)41-2)13-32-21-11-12-42-14-23(21)38/h3-10,15,21,23,32,38H,11-14H2,1-2H3,(H,35,39). The lowest BCUT2D eigenvalue weighted by Gasteiger charge is -2.28. The summed E-state index contributed by atoms with van der Waals surface area (Å²) in [7, 11) is 2.98. The normalized spacial score (nSPS) is 16.7. The van der Waals surface area contributed by atoms with Gasteiger partial charge in [-0.1, -0.05) is 59.6 Å². The van der Waals surface area contributed by atoms with E-state index < -0.39 is 17.6 Å². The van der Waals surface area contributed by atoms with E-state index >= 15 is 0 Å². The molecule has 1 aliphatic heterocycles. The van der Waals surface area contributed by atoms with Crippen LogP contribution in [0.25, 0.3) is 22.4 Å². The summed E-state index contributed by atoms with van der Waals surface area (Å²) in [6, 6.07) is 14.3. The monoisotopic (exact) mass is 610 g/mol. The predicted molar refractivity (Wildman–Crippen MR) is 159 cm³/mol. The second kappa shape index (κ2) is 13.0. The molecule has 3 N–H and O–H groups in total. The number of benzene rings is 2. The molecule has 42 heavy (non-hydrogen) atoms. The molecular weight excluding hydrogens is 583 g/mol. The van der Waals surface area contributed by atoms with Crippen molar-refractivity contribution in [1.29, 1.82) is 0 Å². The molecular formula is C29H28Cl2N6O5. The molecule has 2 atom stereocenters. The van der Waals surface area contributed by atoms with Crippen molar-refractivity contribution >= 4 is 34.8 Å². The molecule has 0 radical (unpaired) electrons. The Labute approximate surface area is 251 Å². The smallest absolute Gasteiger partial charge is 0.298 e. The summed E-state index contributed by atoms with van der Waals surface area (Å²) >= 11 is 13.7. The number of rotatable bonds is 8. The molecule has 13 heteroatoms. The average molecular weight is 611 g/mol. The number of halogens is 2. The Morgan fingerprint density at radius 2 is 1.86 bits per heavy atom. The number of carbonyl (C=O) groups excluding carboxylic acids is 1. The second-order valence-corrected chi connectivity index (χ2v) is 10.4. The maximum atomic E-state index is 12.8. The topological polar surface area (TPSA) is 140 Å². The molecule has 2 unspecified atom stereocenters. The molecule has 0 saturated carbocycles. The van der Waals surface area contributed by atoms with E-state index in [2.05, 4.69) is 20.7 Å². The van der Waals surface area contributed by atoms with Crippen LogP contribution in [0.15, 0.2) is 59.7 Å². The van der Waals surface area contributed by atoms with E-state index in [1.165, 1.54) is 7.05 Å². The van der Waals surface area contributed by atoms with Crippen molar-refractivity contribution in [2.45, 2.75) is 25.1 Å². The van der Waals surface area contributed by atoms with Gasteiger partial charge in [0.05, 0.1) is 41.2 Å². The first-order valence-corrected chi connectivity index (χ1v) is 13.8. The Morgan fingerprint density at radius 3 is 2.62 bits per heavy atom. The molecule has 1 fully saturated rings. The number of hydrogen-bond acceptors (Lipinski definition) is 9. The fourth-order valence-corrected chi connectivity index (χ4v) is 5.27. The summed E-state index contributed by atoms with van der Waals surface area (Å²) < 4.78 is 11.9. The summed E-state index contributed by atoms with van der Waals surface area (Å²) in [6.07, 6.45) is 1.27. The first-order chi connectivity index (χ1) is 20.3. The highest BCUT2D eigenvalue weighted by atomic mass is 35.5. The summed E-state index contributed by atoms with van der Waals surface area (Å²) in [5, 5.41) is 20.6. The lowest BCUT2D eigenvalue weighted by atomic mass is 10.00. The van der Waals surface area contributed by atoms with Gasteiger partial charge in [-0.15, -0.1) is 0 Å². The van der Waals surface area contributed by atoms with Crippen molar-refractivity contribution in [2.24, 2.45) is 7.05 Å². The van der Waals surface area contributed by atoms with E-state index in [0.717, 1.165) is 16.6 Å². The third-order valence-electron chi connectivity index (χ3n) is 6.95. The van der Waals surface area contributed by atoms with Crippen LogP contribution >= 0.6 is 23.2 Å². The minimum atomic E-state index is -0.714. The zero-order valence-electron chi connectivity index (χ0n) is 22.8. The van der Waals surface area contributed by atoms with Crippen molar-refractivity contribution in [2.75, 3.05) is 25.6 Å². The molecule has 2 aromatic carbocycles. The van der Waals surface area contributed by atoms with Crippen molar-refractivity contribution in [3.05, 3.63) is 86.5 Å². The highest BCUT2D eigenvalue weighted by molar-refractivity contribution is 6.39. The van der Waals surface area contributed by atoms with Gasteiger partial charge in [0.15, 0.2) is 5.69 Å². The maximum absolute atomic E-state index is 12.8. The number of pyridine rings is 1. The van der Waals surface area contributed by atoms with Crippen LogP contribution < -0.4 is 20.9 Å². The van der Waals surface area contributed by atoms with Gasteiger partial charge in [-0.2, -0.15) is 5.10 Å². The summed E-state index contributed by atoms with van der Waals surface area (Å²) in [5.74, 6) is -0.282. The highest BCUT2D eigenvalue weighted by Crippen LogP contribution is 2.41. The van der Waals surface area contributed by atoms with Crippen molar-refractivity contribution < 1.29 is 19.4 Å². The molecule has 0 bridgehead atoms. The van der Waals surface area contributed by atoms with Crippen LogP contribution in [0.5, 0.6) is 5.88 Å². The number of amides is 1. The van der Waals surface area contributed by atoms with Gasteiger partial charge in [-0.25, -0.2) is 14.6 Å². The fraction of sp³-hybridized carbons (Fsp3) is 0.276. The van der Waals surface area contributed by atoms with Crippen LogP contribution in [0, 0.1) is 0 Å². The van der Waals surface area contributed by atoms with Crippen LogP contribution in [0.4, 0.5) is 5.69 Å². The molecule has 1 aliphatic rings. The molecule has 5 rings (SSSR count). The third kappa shape index (κ3) is 6.15. The number of carbonyl (C=O) groups is 1. The number of nitrogens with zero attached hydrogens (tertiary/aromatic N) is 4. The van der Waals surface area contributed by atoms with E-state index in [4.69, 9.17) is 37.7 Å². The van der Waals surface area contributed by atoms with Crippen LogP contribution in [0.1, 0.15) is 22.5 Å². The van der Waals surface area contributed by atoms with E-state index in [1.54, 1.807) is 25.3 Å². The number of aliphatic hydroxyl groups is 1. The summed E-state index contributed by atoms with van der Waals surface area (Å²) in [6.45, 7) is 1.36. The second-order valence-electron chi connectivity index (χ2n) is 9.61. The van der Waals surface area contributed by atoms with Crippen molar-refractivity contribution in [3.63, 3.8) is 0 Å². The Hall–Kier alpha value is -3.87. The largest absolute Gasteiger partial charge is 0.481 e. The Bertz CT molecular complexity index is 1680. The number of methoxy groups -OCH3 is 1. The van der Waals surface area contributed by atoms with E-state index in [-0.39, 0.29) is 22.4 Å². The van der Waals surface area contributed by atoms with Crippen LogP contribution in [0.3, 0.4) is 0 Å². The molecule has 3 heterocycles. The van der Waals surface area contributed by atoms with Gasteiger partial charge in [0.1, 0.15) is 6.33 Å². The van der Waals surface area contributed by atoms with Crippen LogP contribution in [-0.4, -0.2) is 63.2 Å². The van der Waals surface area contributed by atoms with E-state index in [0.29, 0.717) is 59.5 Å². The molecule has 1 saturated heterocycles. The average Bonchev–Trinajstić information content (AvgIpc) is 2.99. The van der Waals surface area contributed by atoms with E-state index in [1.807, 2.05) is 30.3 Å². The third-order valence-corrected chi connectivity index (χ3v) is 7.76. The Morgan fingerprint density at radius 1 is 1.12 bits per heavy atom. The molecule has 218 valence electrons. The number of ether oxygens (including phenoxy) is 2. The number of aromatic nitrogens is 4. The van der Waals surface area contributed by atoms with Crippen LogP contribution in [-0.2, 0) is 18.3 Å². The van der Waals surface area contributed by atoms with Gasteiger partial charge >= 0.3 is 0 Å². The number of hydrogen-bond donors (Lipinski definition) is 3. The van der Waals surface area contributed by atoms with E-state index in [9.17, 15) is 14.7 Å². The molecule has 0 aliphatic carbocycles. The van der Waals surface area contributed by atoms with Crippen molar-refractivity contribution in [1.82, 2.24) is 25.1 Å². The van der Waals surface area contributed by atoms with Gasteiger partial charge in [-0.05, 0) is 18.6 Å². The predicted octanol–water partition coefficient (Wildman–Crippen LogP) is 3.71. The number of aryl methyl sites for hydroxylation is 1. The van der Waals surface area contributed by atoms with Gasteiger partial charge in [0, 0.05) is 48.5 Å². The van der Waals surface area contributed by atoms with Crippen LogP contribution in [0.2, 0.25) is 10.0 Å². The summed E-state index contributed by atoms with van der Waals surface area (Å²) in [5.41, 5.74) is 2.61. The Balaban J connectivity index is 1.41. The molecule has 2 aromatic heterocycles. The first-order valence-electron chi connectivity index (χ1n) is 13.1. The molecule has 4 aromatic rings. The zero-order valence-corrected chi connectivity index (χ0v) is 24.3. The van der Waals surface area contributed by atoms with Gasteiger partial charge in [0.25, 0.3) is 11.5 Å². The van der Waals surface area contributed by atoms with Gasteiger partial charge in [-0.3, -0.25) is 9.59 Å². The highest BCUT2D eigenvalue weighted by Gasteiger charge is 2.24. The minimum absolute atomic E-state index is 0.0779. The van der Waals surface area contributed by atoms with Gasteiger partial charge < -0.3 is 25.2 Å². The number of nitrogens with one attached hydrogen (secondary N) is 2. The van der Waals surface area contributed by atoms with Crippen molar-refractivity contribution in [3.8, 4) is 28.3 Å². The fourth-order valence-electron chi connectivity index (χ4n) is 4.67. The first kappa shape index (κ1) is 29.6. The van der Waals surface area contributed by atoms with Gasteiger partial charge in [0.2, 0.25) is 5.88 Å². The Kier molecular flexibility index (Phi) is 9.15. The maximum Gasteiger partial charge on any atom is 0.298 e. The zero-order chi connectivity index (χ0) is 29.8. The molecule has 11 nitrogen and oxygen atoms in total. The summed E-state index contributed by atoms with van der Waals surface area (Å²) in [4.78, 5) is 33.6.